The Morgan fingerprint density at radius 1 is 1.38 bits per heavy atom. The van der Waals surface area contributed by atoms with E-state index in [0.717, 1.165) is 30.6 Å². The van der Waals surface area contributed by atoms with Crippen molar-refractivity contribution in [1.29, 1.82) is 0 Å². The minimum absolute atomic E-state index is 0.299. The van der Waals surface area contributed by atoms with Gasteiger partial charge in [-0.25, -0.2) is 9.37 Å². The van der Waals surface area contributed by atoms with E-state index in [4.69, 9.17) is 4.74 Å². The van der Waals surface area contributed by atoms with Crippen LogP contribution in [-0.2, 0) is 13.0 Å². The smallest absolute Gasteiger partial charge is 0.165 e. The Morgan fingerprint density at radius 2 is 2.24 bits per heavy atom. The van der Waals surface area contributed by atoms with Crippen molar-refractivity contribution in [2.45, 2.75) is 33.2 Å². The van der Waals surface area contributed by atoms with Crippen molar-refractivity contribution in [3.05, 3.63) is 45.7 Å². The van der Waals surface area contributed by atoms with Gasteiger partial charge in [0.2, 0.25) is 0 Å². The van der Waals surface area contributed by atoms with Crippen LogP contribution < -0.4 is 10.1 Å². The summed E-state index contributed by atoms with van der Waals surface area (Å²) < 4.78 is 19.6. The van der Waals surface area contributed by atoms with Crippen LogP contribution in [-0.4, -0.2) is 18.1 Å². The van der Waals surface area contributed by atoms with Gasteiger partial charge in [0.1, 0.15) is 0 Å². The summed E-state index contributed by atoms with van der Waals surface area (Å²) in [5.74, 6) is 0.0649. The molecule has 3 nitrogen and oxygen atoms in total. The van der Waals surface area contributed by atoms with E-state index in [9.17, 15) is 4.39 Å². The van der Waals surface area contributed by atoms with Crippen molar-refractivity contribution in [2.24, 2.45) is 0 Å². The molecule has 2 aromatic rings. The maximum absolute atomic E-state index is 13.9. The summed E-state index contributed by atoms with van der Waals surface area (Å²) in [6.07, 6.45) is 1.81. The van der Waals surface area contributed by atoms with Crippen molar-refractivity contribution in [3.8, 4) is 5.75 Å². The third-order valence-electron chi connectivity index (χ3n) is 3.21. The van der Waals surface area contributed by atoms with Gasteiger partial charge in [-0.3, -0.25) is 0 Å². The van der Waals surface area contributed by atoms with E-state index in [1.807, 2.05) is 18.5 Å². The van der Waals surface area contributed by atoms with Crippen LogP contribution >= 0.6 is 11.3 Å². The molecule has 1 heterocycles. The number of aryl methyl sites for hydroxylation is 1. The predicted molar refractivity (Wildman–Crippen MR) is 84.4 cm³/mol. The molecule has 0 spiro atoms. The van der Waals surface area contributed by atoms with Crippen molar-refractivity contribution < 1.29 is 9.13 Å². The van der Waals surface area contributed by atoms with Gasteiger partial charge >= 0.3 is 0 Å². The summed E-state index contributed by atoms with van der Waals surface area (Å²) in [5, 5.41) is 3.28. The van der Waals surface area contributed by atoms with Gasteiger partial charge in [-0.2, -0.15) is 0 Å². The lowest BCUT2D eigenvalue weighted by molar-refractivity contribution is 0.301. The molecule has 0 aliphatic carbocycles. The second-order valence-corrected chi connectivity index (χ2v) is 5.80. The fraction of sp³-hybridized carbons (Fsp3) is 0.438. The number of benzene rings is 1. The van der Waals surface area contributed by atoms with E-state index < -0.39 is 0 Å². The average molecular weight is 308 g/mol. The Kier molecular flexibility index (Phi) is 6.14. The Labute approximate surface area is 129 Å². The molecule has 0 saturated carbocycles. The van der Waals surface area contributed by atoms with Gasteiger partial charge in [0.05, 0.1) is 17.8 Å². The fourth-order valence-electron chi connectivity index (χ4n) is 2.07. The molecule has 1 aromatic heterocycles. The average Bonchev–Trinajstić information content (AvgIpc) is 2.87. The number of rotatable bonds is 8. The zero-order valence-electron chi connectivity index (χ0n) is 12.5. The first-order valence-corrected chi connectivity index (χ1v) is 8.10. The first-order chi connectivity index (χ1) is 10.2. The molecule has 1 aromatic carbocycles. The van der Waals surface area contributed by atoms with Crippen LogP contribution in [0.5, 0.6) is 5.75 Å². The van der Waals surface area contributed by atoms with Gasteiger partial charge in [-0.1, -0.05) is 19.1 Å². The van der Waals surface area contributed by atoms with E-state index in [0.29, 0.717) is 18.9 Å². The highest BCUT2D eigenvalue weighted by Gasteiger charge is 2.10. The number of nitrogens with zero attached hydrogens (tertiary/aromatic N) is 1. The Balaban J connectivity index is 1.96. The number of ether oxygens (including phenoxy) is 1. The largest absolute Gasteiger partial charge is 0.490 e. The van der Waals surface area contributed by atoms with Crippen LogP contribution in [0.1, 0.15) is 29.5 Å². The molecule has 0 radical (unpaired) electrons. The minimum Gasteiger partial charge on any atom is -0.490 e. The van der Waals surface area contributed by atoms with Gasteiger partial charge < -0.3 is 10.1 Å². The Morgan fingerprint density at radius 3 is 2.95 bits per heavy atom. The van der Waals surface area contributed by atoms with E-state index in [1.54, 1.807) is 17.4 Å². The van der Waals surface area contributed by atoms with E-state index in [1.165, 1.54) is 10.9 Å². The highest BCUT2D eigenvalue weighted by atomic mass is 32.1. The first-order valence-electron chi connectivity index (χ1n) is 7.22. The van der Waals surface area contributed by atoms with Gasteiger partial charge in [0.25, 0.3) is 0 Å². The lowest BCUT2D eigenvalue weighted by Gasteiger charge is -2.12. The van der Waals surface area contributed by atoms with Gasteiger partial charge in [-0.05, 0) is 26.0 Å². The van der Waals surface area contributed by atoms with E-state index >= 15 is 0 Å². The lowest BCUT2D eigenvalue weighted by Crippen LogP contribution is -2.15. The van der Waals surface area contributed by atoms with Crippen LogP contribution in [0.2, 0.25) is 0 Å². The number of hydrogen-bond acceptors (Lipinski definition) is 4. The summed E-state index contributed by atoms with van der Waals surface area (Å²) in [5.41, 5.74) is 3.72. The second kappa shape index (κ2) is 8.10. The topological polar surface area (TPSA) is 34.1 Å². The number of halogens is 1. The highest BCUT2D eigenvalue weighted by molar-refractivity contribution is 7.09. The molecule has 5 heteroatoms. The summed E-state index contributed by atoms with van der Waals surface area (Å²) in [4.78, 5) is 5.40. The molecule has 0 saturated heterocycles. The van der Waals surface area contributed by atoms with E-state index in [-0.39, 0.29) is 5.82 Å². The number of para-hydroxylation sites is 1. The number of hydrogen-bond donors (Lipinski definition) is 1. The van der Waals surface area contributed by atoms with Crippen molar-refractivity contribution in [3.63, 3.8) is 0 Å². The van der Waals surface area contributed by atoms with Gasteiger partial charge in [0, 0.05) is 23.4 Å². The summed E-state index contributed by atoms with van der Waals surface area (Å²) >= 11 is 1.61. The summed E-state index contributed by atoms with van der Waals surface area (Å²) in [6, 6.07) is 5.06. The van der Waals surface area contributed by atoms with Gasteiger partial charge in [-0.15, -0.1) is 11.3 Å². The minimum atomic E-state index is -0.299. The van der Waals surface area contributed by atoms with Crippen molar-refractivity contribution >= 4 is 11.3 Å². The lowest BCUT2D eigenvalue weighted by atomic mass is 10.2. The molecule has 0 atom stereocenters. The summed E-state index contributed by atoms with van der Waals surface area (Å²) in [7, 11) is 0. The standard InChI is InChI=1S/C16H21FN2OS/c1-3-8-18-10-13-5-4-6-14(17)16(13)20-9-7-15-12(2)19-11-21-15/h4-6,11,18H,3,7-10H2,1-2H3. The number of nitrogens with one attached hydrogen (secondary N) is 1. The second-order valence-electron chi connectivity index (χ2n) is 4.86. The first kappa shape index (κ1) is 15.9. The van der Waals surface area contributed by atoms with Crippen molar-refractivity contribution in [1.82, 2.24) is 10.3 Å². The fourth-order valence-corrected chi connectivity index (χ4v) is 2.83. The van der Waals surface area contributed by atoms with Crippen LogP contribution in [0.25, 0.3) is 0 Å². The molecule has 21 heavy (non-hydrogen) atoms. The third-order valence-corrected chi connectivity index (χ3v) is 4.21. The Bertz CT molecular complexity index is 571. The zero-order chi connectivity index (χ0) is 15.1. The van der Waals surface area contributed by atoms with Crippen LogP contribution in [0, 0.1) is 12.7 Å². The molecule has 0 unspecified atom stereocenters. The molecular formula is C16H21FN2OS. The third kappa shape index (κ3) is 4.51. The molecule has 0 bridgehead atoms. The highest BCUT2D eigenvalue weighted by Crippen LogP contribution is 2.23. The quantitative estimate of drug-likeness (QED) is 0.755. The maximum atomic E-state index is 13.9. The molecule has 0 aliphatic heterocycles. The molecule has 2 rings (SSSR count). The molecule has 1 N–H and O–H groups in total. The molecule has 114 valence electrons. The normalized spacial score (nSPS) is 10.8. The molecular weight excluding hydrogens is 287 g/mol. The SMILES string of the molecule is CCCNCc1cccc(F)c1OCCc1scnc1C. The molecule has 0 amide bonds. The van der Waals surface area contributed by atoms with Gasteiger partial charge in [0.15, 0.2) is 11.6 Å². The monoisotopic (exact) mass is 308 g/mol. The maximum Gasteiger partial charge on any atom is 0.165 e. The number of thiazole rings is 1. The van der Waals surface area contributed by atoms with E-state index in [2.05, 4.69) is 17.2 Å². The molecule has 0 fully saturated rings. The summed E-state index contributed by atoms with van der Waals surface area (Å²) in [6.45, 7) is 6.09. The Hall–Kier alpha value is -1.46. The van der Waals surface area contributed by atoms with Crippen molar-refractivity contribution in [2.75, 3.05) is 13.2 Å². The predicted octanol–water partition coefficient (Wildman–Crippen LogP) is 3.71. The van der Waals surface area contributed by atoms with Crippen LogP contribution in [0.4, 0.5) is 4.39 Å². The van der Waals surface area contributed by atoms with Crippen LogP contribution in [0.3, 0.4) is 0 Å². The zero-order valence-corrected chi connectivity index (χ0v) is 13.3. The van der Waals surface area contributed by atoms with Crippen LogP contribution in [0.15, 0.2) is 23.7 Å². The molecule has 0 aliphatic rings. The number of aromatic nitrogens is 1.